The van der Waals surface area contributed by atoms with E-state index in [1.807, 2.05) is 6.92 Å². The lowest BCUT2D eigenvalue weighted by Gasteiger charge is -2.14. The molecule has 0 aromatic heterocycles. The number of nitrogens with two attached hydrogens (primary N) is 1. The van der Waals surface area contributed by atoms with Crippen molar-refractivity contribution < 1.29 is 13.2 Å². The summed E-state index contributed by atoms with van der Waals surface area (Å²) < 4.78 is 30.6. The molecule has 2 N–H and O–H groups in total. The number of sulfonamides is 1. The van der Waals surface area contributed by atoms with Crippen molar-refractivity contribution in [2.75, 3.05) is 27.2 Å². The number of hydrogen-bond donors (Lipinski definition) is 1. The lowest BCUT2D eigenvalue weighted by molar-refractivity contribution is 0.311. The summed E-state index contributed by atoms with van der Waals surface area (Å²) >= 11 is 0. The number of nitrogens with zero attached hydrogens (tertiary/aromatic N) is 1. The fraction of sp³-hybridized carbons (Fsp3) is 0.500. The molecule has 0 amide bonds. The van der Waals surface area contributed by atoms with Gasteiger partial charge in [-0.15, -0.1) is 0 Å². The molecule has 1 rings (SSSR count). The lowest BCUT2D eigenvalue weighted by atomic mass is 10.2. The fourth-order valence-corrected chi connectivity index (χ4v) is 2.41. The highest BCUT2D eigenvalue weighted by Crippen LogP contribution is 2.23. The Morgan fingerprint density at radius 1 is 1.33 bits per heavy atom. The topological polar surface area (TPSA) is 72.6 Å². The van der Waals surface area contributed by atoms with Crippen LogP contribution in [0.2, 0.25) is 0 Å². The second kappa shape index (κ2) is 6.17. The summed E-state index contributed by atoms with van der Waals surface area (Å²) in [5, 5.41) is 0. The summed E-state index contributed by atoms with van der Waals surface area (Å²) in [6, 6.07) is 4.86. The van der Waals surface area contributed by atoms with Crippen LogP contribution in [0.25, 0.3) is 0 Å². The van der Waals surface area contributed by atoms with E-state index in [0.717, 1.165) is 12.0 Å². The molecule has 0 atom stereocenters. The highest BCUT2D eigenvalue weighted by atomic mass is 32.2. The predicted molar refractivity (Wildman–Crippen MR) is 71.2 cm³/mol. The van der Waals surface area contributed by atoms with E-state index in [9.17, 15) is 8.42 Å². The van der Waals surface area contributed by atoms with Crippen molar-refractivity contribution in [1.29, 1.82) is 0 Å². The smallest absolute Gasteiger partial charge is 0.242 e. The third kappa shape index (κ3) is 3.44. The van der Waals surface area contributed by atoms with Crippen LogP contribution in [0.4, 0.5) is 0 Å². The molecule has 0 aliphatic rings. The third-order valence-corrected chi connectivity index (χ3v) is 4.34. The van der Waals surface area contributed by atoms with Crippen molar-refractivity contribution >= 4 is 10.0 Å². The summed E-state index contributed by atoms with van der Waals surface area (Å²) in [6.07, 6.45) is 0.775. The van der Waals surface area contributed by atoms with Gasteiger partial charge >= 0.3 is 0 Å². The Bertz CT molecular complexity index is 498. The molecule has 0 aliphatic heterocycles. The van der Waals surface area contributed by atoms with Crippen LogP contribution >= 0.6 is 0 Å². The van der Waals surface area contributed by atoms with Crippen molar-refractivity contribution in [2.45, 2.75) is 18.2 Å². The van der Waals surface area contributed by atoms with Gasteiger partial charge in [0, 0.05) is 14.1 Å². The van der Waals surface area contributed by atoms with E-state index >= 15 is 0 Å². The van der Waals surface area contributed by atoms with E-state index in [1.54, 1.807) is 18.2 Å². The SMILES string of the molecule is Cc1cc(S(=O)(=O)N(C)C)ccc1OCCCN. The molecule has 5 nitrogen and oxygen atoms in total. The number of ether oxygens (including phenoxy) is 1. The first-order valence-electron chi connectivity index (χ1n) is 5.75. The van der Waals surface area contributed by atoms with Gasteiger partial charge in [-0.1, -0.05) is 0 Å². The molecule has 0 saturated carbocycles. The summed E-state index contributed by atoms with van der Waals surface area (Å²) in [4.78, 5) is 0.274. The second-order valence-corrected chi connectivity index (χ2v) is 6.36. The Balaban J connectivity index is 2.93. The first kappa shape index (κ1) is 14.9. The van der Waals surface area contributed by atoms with Crippen LogP contribution in [0.1, 0.15) is 12.0 Å². The minimum atomic E-state index is -3.38. The summed E-state index contributed by atoms with van der Waals surface area (Å²) in [5.74, 6) is 0.696. The van der Waals surface area contributed by atoms with Crippen LogP contribution in [0.15, 0.2) is 23.1 Å². The quantitative estimate of drug-likeness (QED) is 0.783. The van der Waals surface area contributed by atoms with E-state index in [2.05, 4.69) is 0 Å². The van der Waals surface area contributed by atoms with Gasteiger partial charge in [0.1, 0.15) is 5.75 Å². The molecule has 102 valence electrons. The standard InChI is InChI=1S/C12H20N2O3S/c1-10-9-11(18(15,16)14(2)3)5-6-12(10)17-8-4-7-13/h5-6,9H,4,7-8,13H2,1-3H3. The molecule has 0 saturated heterocycles. The second-order valence-electron chi connectivity index (χ2n) is 4.21. The van der Waals surface area contributed by atoms with Crippen molar-refractivity contribution in [3.05, 3.63) is 23.8 Å². The van der Waals surface area contributed by atoms with Crippen molar-refractivity contribution in [3.8, 4) is 5.75 Å². The normalized spacial score (nSPS) is 11.8. The van der Waals surface area contributed by atoms with Gasteiger partial charge in [-0.25, -0.2) is 12.7 Å². The number of aryl methyl sites for hydroxylation is 1. The van der Waals surface area contributed by atoms with Crippen LogP contribution in [-0.2, 0) is 10.0 Å². The average molecular weight is 272 g/mol. The van der Waals surface area contributed by atoms with Gasteiger partial charge in [0.25, 0.3) is 0 Å². The molecule has 1 aromatic carbocycles. The maximum absolute atomic E-state index is 11.9. The van der Waals surface area contributed by atoms with E-state index in [4.69, 9.17) is 10.5 Å². The Kier molecular flexibility index (Phi) is 5.13. The summed E-state index contributed by atoms with van der Waals surface area (Å²) in [6.45, 7) is 2.94. The minimum absolute atomic E-state index is 0.274. The zero-order valence-electron chi connectivity index (χ0n) is 11.0. The van der Waals surface area contributed by atoms with E-state index in [-0.39, 0.29) is 4.90 Å². The average Bonchev–Trinajstić information content (AvgIpc) is 2.31. The molecule has 0 aliphatic carbocycles. The van der Waals surface area contributed by atoms with E-state index in [0.29, 0.717) is 18.9 Å². The largest absolute Gasteiger partial charge is 0.493 e. The molecule has 6 heteroatoms. The van der Waals surface area contributed by atoms with Crippen molar-refractivity contribution in [1.82, 2.24) is 4.31 Å². The fourth-order valence-electron chi connectivity index (χ4n) is 1.42. The monoisotopic (exact) mass is 272 g/mol. The molecule has 0 spiro atoms. The molecule has 0 fully saturated rings. The van der Waals surface area contributed by atoms with E-state index in [1.165, 1.54) is 18.4 Å². The number of hydrogen-bond acceptors (Lipinski definition) is 4. The molecule has 0 unspecified atom stereocenters. The van der Waals surface area contributed by atoms with Crippen LogP contribution in [0, 0.1) is 6.92 Å². The summed E-state index contributed by atoms with van der Waals surface area (Å²) in [7, 11) is -0.363. The molecule has 1 aromatic rings. The lowest BCUT2D eigenvalue weighted by Crippen LogP contribution is -2.22. The Hall–Kier alpha value is -1.11. The van der Waals surface area contributed by atoms with Gasteiger partial charge in [-0.05, 0) is 43.7 Å². The molecule has 18 heavy (non-hydrogen) atoms. The number of rotatable bonds is 6. The van der Waals surface area contributed by atoms with Gasteiger partial charge in [0.05, 0.1) is 11.5 Å². The Morgan fingerprint density at radius 2 is 2.00 bits per heavy atom. The molecular weight excluding hydrogens is 252 g/mol. The van der Waals surface area contributed by atoms with Crippen LogP contribution in [-0.4, -0.2) is 40.0 Å². The Labute approximate surface area is 109 Å². The van der Waals surface area contributed by atoms with E-state index < -0.39 is 10.0 Å². The zero-order valence-corrected chi connectivity index (χ0v) is 11.8. The van der Waals surface area contributed by atoms with Gasteiger partial charge in [-0.3, -0.25) is 0 Å². The molecule has 0 bridgehead atoms. The van der Waals surface area contributed by atoms with Crippen LogP contribution in [0.3, 0.4) is 0 Å². The maximum atomic E-state index is 11.9. The Morgan fingerprint density at radius 3 is 2.50 bits per heavy atom. The molecular formula is C12H20N2O3S. The van der Waals surface area contributed by atoms with Crippen molar-refractivity contribution in [3.63, 3.8) is 0 Å². The van der Waals surface area contributed by atoms with Gasteiger partial charge in [-0.2, -0.15) is 0 Å². The highest BCUT2D eigenvalue weighted by molar-refractivity contribution is 7.89. The van der Waals surface area contributed by atoms with Gasteiger partial charge < -0.3 is 10.5 Å². The molecule has 0 heterocycles. The molecule has 0 radical (unpaired) electrons. The maximum Gasteiger partial charge on any atom is 0.242 e. The third-order valence-electron chi connectivity index (χ3n) is 2.53. The first-order chi connectivity index (χ1) is 8.39. The van der Waals surface area contributed by atoms with Crippen LogP contribution < -0.4 is 10.5 Å². The van der Waals surface area contributed by atoms with Gasteiger partial charge in [0.15, 0.2) is 0 Å². The first-order valence-corrected chi connectivity index (χ1v) is 7.19. The van der Waals surface area contributed by atoms with Crippen molar-refractivity contribution in [2.24, 2.45) is 5.73 Å². The predicted octanol–water partition coefficient (Wildman–Crippen LogP) is 0.973. The minimum Gasteiger partial charge on any atom is -0.493 e. The zero-order chi connectivity index (χ0) is 13.8. The summed E-state index contributed by atoms with van der Waals surface area (Å²) in [5.41, 5.74) is 6.18. The highest BCUT2D eigenvalue weighted by Gasteiger charge is 2.17. The number of benzene rings is 1. The van der Waals surface area contributed by atoms with Gasteiger partial charge in [0.2, 0.25) is 10.0 Å². The van der Waals surface area contributed by atoms with Crippen LogP contribution in [0.5, 0.6) is 5.75 Å².